The minimum atomic E-state index is -0.413. The molecule has 0 aromatic carbocycles. The highest BCUT2D eigenvalue weighted by Crippen LogP contribution is 2.03. The van der Waals surface area contributed by atoms with E-state index in [2.05, 4.69) is 28.7 Å². The van der Waals surface area contributed by atoms with Crippen molar-refractivity contribution in [3.63, 3.8) is 0 Å². The summed E-state index contributed by atoms with van der Waals surface area (Å²) in [5.41, 5.74) is 5.75. The number of nitrogens with one attached hydrogen (secondary N) is 1. The van der Waals surface area contributed by atoms with Gasteiger partial charge in [-0.1, -0.05) is 27.2 Å². The van der Waals surface area contributed by atoms with Gasteiger partial charge >= 0.3 is 0 Å². The zero-order valence-electron chi connectivity index (χ0n) is 11.5. The van der Waals surface area contributed by atoms with Crippen LogP contribution in [0.5, 0.6) is 0 Å². The minimum absolute atomic E-state index is 0.101. The largest absolute Gasteiger partial charge is 0.348 e. The van der Waals surface area contributed by atoms with E-state index in [1.807, 2.05) is 13.1 Å². The molecule has 0 saturated carbocycles. The van der Waals surface area contributed by atoms with Crippen LogP contribution in [-0.2, 0) is 17.9 Å². The predicted octanol–water partition coefficient (Wildman–Crippen LogP) is 1.28. The van der Waals surface area contributed by atoms with Crippen molar-refractivity contribution in [1.29, 1.82) is 0 Å². The van der Waals surface area contributed by atoms with Gasteiger partial charge in [-0.3, -0.25) is 4.79 Å². The predicted molar refractivity (Wildman–Crippen MR) is 71.8 cm³/mol. The van der Waals surface area contributed by atoms with Crippen molar-refractivity contribution in [2.24, 2.45) is 11.7 Å². The normalized spacial score (nSPS) is 12.7. The topological polar surface area (TPSA) is 72.9 Å². The van der Waals surface area contributed by atoms with Crippen molar-refractivity contribution in [1.82, 2.24) is 14.9 Å². The number of carbonyl (C=O) groups excluding carboxylic acids is 1. The molecule has 5 heteroatoms. The molecule has 0 fully saturated rings. The first-order valence-electron chi connectivity index (χ1n) is 6.57. The molecule has 1 unspecified atom stereocenters. The Morgan fingerprint density at radius 1 is 1.56 bits per heavy atom. The number of hydrogen-bond acceptors (Lipinski definition) is 3. The summed E-state index contributed by atoms with van der Waals surface area (Å²) < 4.78 is 2.07. The molecule has 102 valence electrons. The zero-order valence-corrected chi connectivity index (χ0v) is 11.5. The van der Waals surface area contributed by atoms with Crippen molar-refractivity contribution in [3.05, 3.63) is 18.2 Å². The van der Waals surface area contributed by atoms with E-state index in [0.717, 1.165) is 18.8 Å². The SMILES string of the molecule is CCCC(N)C(=O)NCc1nccn1CC(C)C. The van der Waals surface area contributed by atoms with Gasteiger partial charge in [0.25, 0.3) is 0 Å². The Balaban J connectivity index is 2.48. The average Bonchev–Trinajstić information content (AvgIpc) is 2.72. The number of imidazole rings is 1. The summed E-state index contributed by atoms with van der Waals surface area (Å²) in [5, 5.41) is 2.84. The Labute approximate surface area is 109 Å². The maximum Gasteiger partial charge on any atom is 0.237 e. The fourth-order valence-electron chi connectivity index (χ4n) is 1.81. The van der Waals surface area contributed by atoms with Crippen LogP contribution in [-0.4, -0.2) is 21.5 Å². The first-order chi connectivity index (χ1) is 8.54. The molecule has 1 amide bonds. The second-order valence-electron chi connectivity index (χ2n) is 5.00. The molecular formula is C13H24N4O. The Morgan fingerprint density at radius 2 is 2.28 bits per heavy atom. The van der Waals surface area contributed by atoms with Crippen molar-refractivity contribution in [3.8, 4) is 0 Å². The van der Waals surface area contributed by atoms with Crippen molar-refractivity contribution >= 4 is 5.91 Å². The van der Waals surface area contributed by atoms with Crippen LogP contribution in [0.15, 0.2) is 12.4 Å². The lowest BCUT2D eigenvalue weighted by Gasteiger charge is -2.13. The third kappa shape index (κ3) is 4.49. The molecule has 1 rings (SSSR count). The van der Waals surface area contributed by atoms with Crippen molar-refractivity contribution in [2.45, 2.75) is 52.7 Å². The third-order valence-electron chi connectivity index (χ3n) is 2.72. The smallest absolute Gasteiger partial charge is 0.237 e. The molecule has 3 N–H and O–H groups in total. The zero-order chi connectivity index (χ0) is 13.5. The summed E-state index contributed by atoms with van der Waals surface area (Å²) in [6.45, 7) is 7.67. The fourth-order valence-corrected chi connectivity index (χ4v) is 1.81. The van der Waals surface area contributed by atoms with Crippen molar-refractivity contribution in [2.75, 3.05) is 0 Å². The lowest BCUT2D eigenvalue weighted by Crippen LogP contribution is -2.40. The van der Waals surface area contributed by atoms with Gasteiger partial charge in [0.05, 0.1) is 12.6 Å². The van der Waals surface area contributed by atoms with Crippen LogP contribution in [0.3, 0.4) is 0 Å². The van der Waals surface area contributed by atoms with Crippen LogP contribution in [0.4, 0.5) is 0 Å². The number of nitrogens with zero attached hydrogens (tertiary/aromatic N) is 2. The molecular weight excluding hydrogens is 228 g/mol. The van der Waals surface area contributed by atoms with Crippen LogP contribution in [0, 0.1) is 5.92 Å². The number of aromatic nitrogens is 2. The van der Waals surface area contributed by atoms with E-state index in [1.54, 1.807) is 6.20 Å². The summed E-state index contributed by atoms with van der Waals surface area (Å²) in [7, 11) is 0. The highest BCUT2D eigenvalue weighted by Gasteiger charge is 2.13. The van der Waals surface area contributed by atoms with Crippen LogP contribution in [0.1, 0.15) is 39.4 Å². The summed E-state index contributed by atoms with van der Waals surface area (Å²) in [6, 6.07) is -0.413. The average molecular weight is 252 g/mol. The quantitative estimate of drug-likeness (QED) is 0.768. The van der Waals surface area contributed by atoms with Gasteiger partial charge in [-0.2, -0.15) is 0 Å². The molecule has 0 spiro atoms. The van der Waals surface area contributed by atoms with Gasteiger partial charge in [-0.25, -0.2) is 4.98 Å². The van der Waals surface area contributed by atoms with Gasteiger partial charge in [-0.15, -0.1) is 0 Å². The Morgan fingerprint density at radius 3 is 2.89 bits per heavy atom. The number of amides is 1. The molecule has 1 aromatic heterocycles. The van der Waals surface area contributed by atoms with E-state index in [1.165, 1.54) is 0 Å². The lowest BCUT2D eigenvalue weighted by molar-refractivity contribution is -0.122. The standard InChI is InChI=1S/C13H24N4O/c1-4-5-11(14)13(18)16-8-12-15-6-7-17(12)9-10(2)3/h6-7,10-11H,4-5,8-9,14H2,1-3H3,(H,16,18). The summed E-state index contributed by atoms with van der Waals surface area (Å²) in [5.74, 6) is 1.33. The Hall–Kier alpha value is -1.36. The molecule has 0 aliphatic carbocycles. The molecule has 1 atom stereocenters. The maximum absolute atomic E-state index is 11.7. The molecule has 0 saturated heterocycles. The van der Waals surface area contributed by atoms with Crippen LogP contribution in [0.2, 0.25) is 0 Å². The van der Waals surface area contributed by atoms with Gasteiger partial charge in [0, 0.05) is 18.9 Å². The number of carbonyl (C=O) groups is 1. The summed E-state index contributed by atoms with van der Waals surface area (Å²) in [4.78, 5) is 15.9. The molecule has 0 radical (unpaired) electrons. The molecule has 1 heterocycles. The van der Waals surface area contributed by atoms with Gasteiger partial charge < -0.3 is 15.6 Å². The van der Waals surface area contributed by atoms with Gasteiger partial charge in [0.1, 0.15) is 5.82 Å². The first kappa shape index (κ1) is 14.7. The number of nitrogens with two attached hydrogens (primary N) is 1. The first-order valence-corrected chi connectivity index (χ1v) is 6.57. The molecule has 5 nitrogen and oxygen atoms in total. The van der Waals surface area contributed by atoms with Gasteiger partial charge in [-0.05, 0) is 12.3 Å². The van der Waals surface area contributed by atoms with E-state index in [4.69, 9.17) is 5.73 Å². The fraction of sp³-hybridized carbons (Fsp3) is 0.692. The van der Waals surface area contributed by atoms with E-state index in [-0.39, 0.29) is 5.91 Å². The molecule has 1 aromatic rings. The van der Waals surface area contributed by atoms with Crippen LogP contribution in [0.25, 0.3) is 0 Å². The molecule has 0 bridgehead atoms. The second kappa shape index (κ2) is 7.16. The van der Waals surface area contributed by atoms with Crippen LogP contribution < -0.4 is 11.1 Å². The molecule has 0 aliphatic rings. The Kier molecular flexibility index (Phi) is 5.85. The maximum atomic E-state index is 11.7. The Bertz CT molecular complexity index is 373. The van der Waals surface area contributed by atoms with E-state index in [0.29, 0.717) is 18.9 Å². The minimum Gasteiger partial charge on any atom is -0.348 e. The van der Waals surface area contributed by atoms with E-state index < -0.39 is 6.04 Å². The van der Waals surface area contributed by atoms with Crippen LogP contribution >= 0.6 is 0 Å². The van der Waals surface area contributed by atoms with Crippen molar-refractivity contribution < 1.29 is 4.79 Å². The molecule has 18 heavy (non-hydrogen) atoms. The van der Waals surface area contributed by atoms with Gasteiger partial charge in [0.2, 0.25) is 5.91 Å². The number of rotatable bonds is 7. The summed E-state index contributed by atoms with van der Waals surface area (Å²) in [6.07, 6.45) is 5.33. The highest BCUT2D eigenvalue weighted by atomic mass is 16.2. The second-order valence-corrected chi connectivity index (χ2v) is 5.00. The number of hydrogen-bond donors (Lipinski definition) is 2. The van der Waals surface area contributed by atoms with E-state index in [9.17, 15) is 4.79 Å². The lowest BCUT2D eigenvalue weighted by atomic mass is 10.2. The molecule has 0 aliphatic heterocycles. The third-order valence-corrected chi connectivity index (χ3v) is 2.72. The van der Waals surface area contributed by atoms with Gasteiger partial charge in [0.15, 0.2) is 0 Å². The highest BCUT2D eigenvalue weighted by molar-refractivity contribution is 5.81. The van der Waals surface area contributed by atoms with E-state index >= 15 is 0 Å². The summed E-state index contributed by atoms with van der Waals surface area (Å²) >= 11 is 0. The monoisotopic (exact) mass is 252 g/mol.